The maximum Gasteiger partial charge on any atom is 0.169 e. The summed E-state index contributed by atoms with van der Waals surface area (Å²) in [4.78, 5) is 0.106. The topological polar surface area (TPSA) is 13.1 Å². The lowest BCUT2D eigenvalue weighted by Crippen LogP contribution is -1.92. The number of alkyl halides is 1. The molecule has 2 aromatic rings. The summed E-state index contributed by atoms with van der Waals surface area (Å²) in [5.74, 6) is 1.48. The zero-order valence-electron chi connectivity index (χ0n) is 9.78. The first kappa shape index (κ1) is 12.9. The third kappa shape index (κ3) is 3.02. The van der Waals surface area contributed by atoms with Gasteiger partial charge in [-0.25, -0.2) is 0 Å². The van der Waals surface area contributed by atoms with Crippen LogP contribution in [0.25, 0.3) is 0 Å². The molecule has 0 radical (unpaired) electrons. The highest BCUT2D eigenvalue weighted by Gasteiger charge is 2.14. The van der Waals surface area contributed by atoms with Crippen LogP contribution in [0.2, 0.25) is 0 Å². The van der Waals surface area contributed by atoms with Gasteiger partial charge in [-0.1, -0.05) is 54.0 Å². The molecule has 1 aromatic heterocycles. The fraction of sp³-hybridized carbons (Fsp3) is 0.286. The minimum absolute atomic E-state index is 0.106. The van der Waals surface area contributed by atoms with E-state index in [0.717, 1.165) is 10.4 Å². The summed E-state index contributed by atoms with van der Waals surface area (Å²) in [6.07, 6.45) is 0. The van der Waals surface area contributed by atoms with Crippen LogP contribution < -0.4 is 0 Å². The summed E-state index contributed by atoms with van der Waals surface area (Å²) in [6, 6.07) is 12.5. The van der Waals surface area contributed by atoms with Crippen molar-refractivity contribution in [1.29, 1.82) is 0 Å². The fourth-order valence-corrected chi connectivity index (χ4v) is 2.55. The molecule has 2 rings (SSSR count). The summed E-state index contributed by atoms with van der Waals surface area (Å²) in [5, 5.41) is 0. The van der Waals surface area contributed by atoms with Crippen LogP contribution in [0.15, 0.2) is 45.5 Å². The number of halogens is 2. The van der Waals surface area contributed by atoms with Gasteiger partial charge in [-0.3, -0.25) is 0 Å². The zero-order chi connectivity index (χ0) is 12.4. The van der Waals surface area contributed by atoms with Gasteiger partial charge >= 0.3 is 0 Å². The van der Waals surface area contributed by atoms with E-state index in [4.69, 9.17) is 4.42 Å². The number of hydrogen-bond donors (Lipinski definition) is 0. The van der Waals surface area contributed by atoms with Crippen molar-refractivity contribution >= 4 is 31.9 Å². The molecule has 1 heterocycles. The van der Waals surface area contributed by atoms with Crippen LogP contribution in [0.4, 0.5) is 0 Å². The number of benzene rings is 1. The Morgan fingerprint density at radius 1 is 0.941 bits per heavy atom. The molecule has 1 unspecified atom stereocenters. The molecule has 0 saturated carbocycles. The SMILES string of the molecule is CC(C)c1ccc(C(Br)c2ccc(Br)o2)cc1. The predicted octanol–water partition coefficient (Wildman–Crippen LogP) is 5.65. The van der Waals surface area contributed by atoms with Gasteiger partial charge in [0.15, 0.2) is 4.67 Å². The van der Waals surface area contributed by atoms with E-state index in [-0.39, 0.29) is 4.83 Å². The average molecular weight is 358 g/mol. The molecule has 0 fully saturated rings. The lowest BCUT2D eigenvalue weighted by molar-refractivity contribution is 0.497. The van der Waals surface area contributed by atoms with E-state index in [2.05, 4.69) is 70.0 Å². The average Bonchev–Trinajstić information content (AvgIpc) is 2.75. The van der Waals surface area contributed by atoms with Crippen LogP contribution in [0, 0.1) is 0 Å². The van der Waals surface area contributed by atoms with Crippen molar-refractivity contribution in [2.45, 2.75) is 24.6 Å². The summed E-state index contributed by atoms with van der Waals surface area (Å²) in [7, 11) is 0. The van der Waals surface area contributed by atoms with Crippen molar-refractivity contribution in [3.63, 3.8) is 0 Å². The molecule has 0 N–H and O–H groups in total. The minimum Gasteiger partial charge on any atom is -0.453 e. The highest BCUT2D eigenvalue weighted by molar-refractivity contribution is 9.10. The second-order valence-corrected chi connectivity index (χ2v) is 6.02. The van der Waals surface area contributed by atoms with E-state index < -0.39 is 0 Å². The largest absolute Gasteiger partial charge is 0.453 e. The van der Waals surface area contributed by atoms with Gasteiger partial charge in [-0.05, 0) is 45.1 Å². The van der Waals surface area contributed by atoms with Crippen LogP contribution >= 0.6 is 31.9 Å². The molecule has 0 aliphatic heterocycles. The van der Waals surface area contributed by atoms with E-state index >= 15 is 0 Å². The van der Waals surface area contributed by atoms with Crippen LogP contribution in [0.1, 0.15) is 41.5 Å². The molecule has 0 aliphatic rings. The Hall–Kier alpha value is -0.540. The van der Waals surface area contributed by atoms with Crippen molar-refractivity contribution in [2.75, 3.05) is 0 Å². The van der Waals surface area contributed by atoms with Gasteiger partial charge in [0, 0.05) is 0 Å². The van der Waals surface area contributed by atoms with Crippen molar-refractivity contribution in [1.82, 2.24) is 0 Å². The Morgan fingerprint density at radius 3 is 2.00 bits per heavy atom. The summed E-state index contributed by atoms with van der Waals surface area (Å²) < 4.78 is 6.31. The zero-order valence-corrected chi connectivity index (χ0v) is 13.0. The molecular formula is C14H14Br2O. The summed E-state index contributed by atoms with van der Waals surface area (Å²) >= 11 is 6.97. The molecule has 17 heavy (non-hydrogen) atoms. The second kappa shape index (κ2) is 5.40. The van der Waals surface area contributed by atoms with Crippen LogP contribution in [-0.2, 0) is 0 Å². The Morgan fingerprint density at radius 2 is 1.53 bits per heavy atom. The van der Waals surface area contributed by atoms with Crippen molar-refractivity contribution in [2.24, 2.45) is 0 Å². The number of hydrogen-bond acceptors (Lipinski definition) is 1. The van der Waals surface area contributed by atoms with Crippen LogP contribution in [-0.4, -0.2) is 0 Å². The first-order valence-electron chi connectivity index (χ1n) is 5.57. The van der Waals surface area contributed by atoms with Gasteiger partial charge in [0.25, 0.3) is 0 Å². The Kier molecular flexibility index (Phi) is 4.10. The third-order valence-electron chi connectivity index (χ3n) is 2.74. The Balaban J connectivity index is 2.22. The molecule has 1 atom stereocenters. The lowest BCUT2D eigenvalue weighted by atomic mass is 10.0. The highest BCUT2D eigenvalue weighted by Crippen LogP contribution is 2.33. The first-order chi connectivity index (χ1) is 8.08. The minimum atomic E-state index is 0.106. The summed E-state index contributed by atoms with van der Waals surface area (Å²) in [6.45, 7) is 4.40. The molecule has 0 saturated heterocycles. The van der Waals surface area contributed by atoms with Crippen molar-refractivity contribution in [3.05, 3.63) is 58.0 Å². The van der Waals surface area contributed by atoms with Gasteiger partial charge in [0.2, 0.25) is 0 Å². The Labute approximate surface area is 118 Å². The van der Waals surface area contributed by atoms with E-state index in [9.17, 15) is 0 Å². The third-order valence-corrected chi connectivity index (χ3v) is 4.15. The maximum atomic E-state index is 5.55. The quantitative estimate of drug-likeness (QED) is 0.647. The molecule has 0 aliphatic carbocycles. The smallest absolute Gasteiger partial charge is 0.169 e. The molecule has 3 heteroatoms. The fourth-order valence-electron chi connectivity index (χ4n) is 1.68. The molecule has 90 valence electrons. The van der Waals surface area contributed by atoms with Gasteiger partial charge < -0.3 is 4.42 Å². The van der Waals surface area contributed by atoms with Crippen LogP contribution in [0.3, 0.4) is 0 Å². The van der Waals surface area contributed by atoms with Gasteiger partial charge in [0.05, 0.1) is 4.83 Å². The normalized spacial score (nSPS) is 13.0. The molecule has 0 bridgehead atoms. The van der Waals surface area contributed by atoms with E-state index in [1.54, 1.807) is 0 Å². The molecular weight excluding hydrogens is 344 g/mol. The predicted molar refractivity (Wildman–Crippen MR) is 77.7 cm³/mol. The molecule has 1 nitrogen and oxygen atoms in total. The summed E-state index contributed by atoms with van der Waals surface area (Å²) in [5.41, 5.74) is 2.56. The molecule has 0 amide bonds. The standard InChI is InChI=1S/C14H14Br2O/c1-9(2)10-3-5-11(6-4-10)14(16)12-7-8-13(15)17-12/h3-9,14H,1-2H3. The van der Waals surface area contributed by atoms with Gasteiger partial charge in [0.1, 0.15) is 5.76 Å². The van der Waals surface area contributed by atoms with Gasteiger partial charge in [-0.15, -0.1) is 0 Å². The second-order valence-electron chi connectivity index (χ2n) is 4.33. The van der Waals surface area contributed by atoms with Crippen LogP contribution in [0.5, 0.6) is 0 Å². The monoisotopic (exact) mass is 356 g/mol. The van der Waals surface area contributed by atoms with E-state index in [0.29, 0.717) is 5.92 Å². The lowest BCUT2D eigenvalue weighted by Gasteiger charge is -2.10. The van der Waals surface area contributed by atoms with Gasteiger partial charge in [-0.2, -0.15) is 0 Å². The Bertz CT molecular complexity index is 485. The van der Waals surface area contributed by atoms with E-state index in [1.165, 1.54) is 11.1 Å². The number of rotatable bonds is 3. The molecule has 1 aromatic carbocycles. The maximum absolute atomic E-state index is 5.55. The van der Waals surface area contributed by atoms with Crippen molar-refractivity contribution < 1.29 is 4.42 Å². The number of furan rings is 1. The van der Waals surface area contributed by atoms with Crippen molar-refractivity contribution in [3.8, 4) is 0 Å². The van der Waals surface area contributed by atoms with E-state index in [1.807, 2.05) is 12.1 Å². The highest BCUT2D eigenvalue weighted by atomic mass is 79.9. The molecule has 0 spiro atoms. The first-order valence-corrected chi connectivity index (χ1v) is 7.28.